The van der Waals surface area contributed by atoms with Crippen molar-refractivity contribution in [1.82, 2.24) is 0 Å². The standard InChI is InChI=1S/C23H24N2O5S2/c1-29-18-12-13-22(30-2)21(15-18)25(32(27,28)20-10-5-4-6-11-20)16-23(26)24-17-8-7-9-19(14-17)31-3/h4-15H,16H2,1-3H3,(H,24,26). The molecular weight excluding hydrogens is 448 g/mol. The molecule has 0 aliphatic carbocycles. The van der Waals surface area contributed by atoms with Gasteiger partial charge in [0.05, 0.1) is 24.8 Å². The van der Waals surface area contributed by atoms with E-state index in [-0.39, 0.29) is 10.6 Å². The van der Waals surface area contributed by atoms with Crippen LogP contribution in [-0.4, -0.2) is 41.3 Å². The molecule has 0 spiro atoms. The third-order valence-electron chi connectivity index (χ3n) is 4.63. The highest BCUT2D eigenvalue weighted by atomic mass is 32.2. The second kappa shape index (κ2) is 10.4. The number of hydrogen-bond acceptors (Lipinski definition) is 6. The molecule has 0 aliphatic heterocycles. The Bertz CT molecular complexity index is 1180. The number of sulfonamides is 1. The van der Waals surface area contributed by atoms with Gasteiger partial charge in [-0.15, -0.1) is 11.8 Å². The van der Waals surface area contributed by atoms with Crippen LogP contribution < -0.4 is 19.1 Å². The van der Waals surface area contributed by atoms with Crippen molar-refractivity contribution in [2.75, 3.05) is 36.6 Å². The van der Waals surface area contributed by atoms with E-state index in [1.165, 1.54) is 32.4 Å². The zero-order valence-electron chi connectivity index (χ0n) is 17.9. The largest absolute Gasteiger partial charge is 0.497 e. The van der Waals surface area contributed by atoms with Crippen LogP contribution in [0.5, 0.6) is 11.5 Å². The average Bonchev–Trinajstić information content (AvgIpc) is 2.82. The molecule has 168 valence electrons. The Morgan fingerprint density at radius 1 is 0.969 bits per heavy atom. The summed E-state index contributed by atoms with van der Waals surface area (Å²) in [5, 5.41) is 2.78. The maximum absolute atomic E-state index is 13.5. The monoisotopic (exact) mass is 472 g/mol. The number of amides is 1. The maximum atomic E-state index is 13.5. The lowest BCUT2D eigenvalue weighted by molar-refractivity contribution is -0.114. The Morgan fingerprint density at radius 3 is 2.38 bits per heavy atom. The SMILES string of the molecule is COc1ccc(OC)c(N(CC(=O)Nc2cccc(SC)c2)S(=O)(=O)c2ccccc2)c1. The van der Waals surface area contributed by atoms with Gasteiger partial charge in [-0.2, -0.15) is 0 Å². The number of anilines is 2. The molecular formula is C23H24N2O5S2. The minimum atomic E-state index is -4.08. The van der Waals surface area contributed by atoms with Crippen LogP contribution in [0.2, 0.25) is 0 Å². The number of nitrogens with zero attached hydrogens (tertiary/aromatic N) is 1. The number of benzene rings is 3. The molecule has 0 saturated carbocycles. The van der Waals surface area contributed by atoms with Crippen LogP contribution in [0.3, 0.4) is 0 Å². The predicted octanol–water partition coefficient (Wildman–Crippen LogP) is 4.26. The molecule has 0 atom stereocenters. The van der Waals surface area contributed by atoms with Gasteiger partial charge in [0.1, 0.15) is 18.0 Å². The first-order valence-electron chi connectivity index (χ1n) is 9.62. The van der Waals surface area contributed by atoms with Crippen molar-refractivity contribution < 1.29 is 22.7 Å². The zero-order chi connectivity index (χ0) is 23.1. The number of thioether (sulfide) groups is 1. The van der Waals surface area contributed by atoms with Gasteiger partial charge in [-0.05, 0) is 48.7 Å². The number of carbonyl (C=O) groups is 1. The van der Waals surface area contributed by atoms with Crippen LogP contribution in [-0.2, 0) is 14.8 Å². The molecule has 32 heavy (non-hydrogen) atoms. The molecule has 3 rings (SSSR count). The fraction of sp³-hybridized carbons (Fsp3) is 0.174. The fourth-order valence-electron chi connectivity index (χ4n) is 3.04. The van der Waals surface area contributed by atoms with E-state index in [4.69, 9.17) is 9.47 Å². The molecule has 1 N–H and O–H groups in total. The van der Waals surface area contributed by atoms with Crippen molar-refractivity contribution in [2.45, 2.75) is 9.79 Å². The van der Waals surface area contributed by atoms with Crippen molar-refractivity contribution in [3.05, 3.63) is 72.8 Å². The van der Waals surface area contributed by atoms with Crippen molar-refractivity contribution in [1.29, 1.82) is 0 Å². The summed E-state index contributed by atoms with van der Waals surface area (Å²) in [6, 6.07) is 20.0. The highest BCUT2D eigenvalue weighted by molar-refractivity contribution is 7.98. The second-order valence-corrected chi connectivity index (χ2v) is 9.38. The highest BCUT2D eigenvalue weighted by Gasteiger charge is 2.30. The summed E-state index contributed by atoms with van der Waals surface area (Å²) in [7, 11) is -1.16. The van der Waals surface area contributed by atoms with E-state index in [2.05, 4.69) is 5.32 Å². The van der Waals surface area contributed by atoms with Gasteiger partial charge in [-0.25, -0.2) is 8.42 Å². The average molecular weight is 473 g/mol. The van der Waals surface area contributed by atoms with Gasteiger partial charge in [0, 0.05) is 16.6 Å². The molecule has 3 aromatic rings. The van der Waals surface area contributed by atoms with Gasteiger partial charge in [-0.3, -0.25) is 9.10 Å². The molecule has 0 radical (unpaired) electrons. The smallest absolute Gasteiger partial charge is 0.264 e. The molecule has 0 unspecified atom stereocenters. The van der Waals surface area contributed by atoms with Crippen LogP contribution in [0, 0.1) is 0 Å². The lowest BCUT2D eigenvalue weighted by atomic mass is 10.2. The molecule has 0 aromatic heterocycles. The Hall–Kier alpha value is -3.17. The minimum absolute atomic E-state index is 0.0575. The van der Waals surface area contributed by atoms with Crippen LogP contribution in [0.1, 0.15) is 0 Å². The van der Waals surface area contributed by atoms with Gasteiger partial charge in [0.25, 0.3) is 10.0 Å². The maximum Gasteiger partial charge on any atom is 0.264 e. The normalized spacial score (nSPS) is 11.0. The van der Waals surface area contributed by atoms with Crippen molar-refractivity contribution >= 4 is 39.1 Å². The lowest BCUT2D eigenvalue weighted by Crippen LogP contribution is -2.38. The first-order chi connectivity index (χ1) is 15.4. The molecule has 0 heterocycles. The molecule has 0 fully saturated rings. The first kappa shape index (κ1) is 23.5. The fourth-order valence-corrected chi connectivity index (χ4v) is 4.95. The molecule has 0 bridgehead atoms. The highest BCUT2D eigenvalue weighted by Crippen LogP contribution is 2.35. The van der Waals surface area contributed by atoms with Crippen molar-refractivity contribution in [3.63, 3.8) is 0 Å². The van der Waals surface area contributed by atoms with E-state index >= 15 is 0 Å². The molecule has 1 amide bonds. The number of ether oxygens (including phenoxy) is 2. The van der Waals surface area contributed by atoms with E-state index in [0.29, 0.717) is 17.2 Å². The van der Waals surface area contributed by atoms with Crippen LogP contribution in [0.4, 0.5) is 11.4 Å². The molecule has 0 aliphatic rings. The summed E-state index contributed by atoms with van der Waals surface area (Å²) in [5.41, 5.74) is 0.778. The Kier molecular flexibility index (Phi) is 7.66. The van der Waals surface area contributed by atoms with Gasteiger partial charge in [-0.1, -0.05) is 24.3 Å². The van der Waals surface area contributed by atoms with E-state index in [1.807, 2.05) is 24.5 Å². The number of hydrogen-bond donors (Lipinski definition) is 1. The van der Waals surface area contributed by atoms with E-state index < -0.39 is 22.5 Å². The van der Waals surface area contributed by atoms with Gasteiger partial charge >= 0.3 is 0 Å². The van der Waals surface area contributed by atoms with Crippen LogP contribution in [0.15, 0.2) is 82.6 Å². The number of methoxy groups -OCH3 is 2. The Balaban J connectivity index is 2.02. The number of carbonyl (C=O) groups excluding carboxylic acids is 1. The third kappa shape index (κ3) is 5.35. The summed E-state index contributed by atoms with van der Waals surface area (Å²) < 4.78 is 38.8. The van der Waals surface area contributed by atoms with Crippen LogP contribution in [0.25, 0.3) is 0 Å². The Labute approximate surface area is 192 Å². The quantitative estimate of drug-likeness (QED) is 0.469. The third-order valence-corrected chi connectivity index (χ3v) is 7.13. The summed E-state index contributed by atoms with van der Waals surface area (Å²) in [6.07, 6.45) is 1.93. The van der Waals surface area contributed by atoms with E-state index in [1.54, 1.807) is 48.2 Å². The second-order valence-electron chi connectivity index (χ2n) is 6.64. The first-order valence-corrected chi connectivity index (χ1v) is 12.3. The van der Waals surface area contributed by atoms with Crippen LogP contribution >= 0.6 is 11.8 Å². The van der Waals surface area contributed by atoms with E-state index in [0.717, 1.165) is 9.20 Å². The summed E-state index contributed by atoms with van der Waals surface area (Å²) in [5.74, 6) is 0.234. The number of rotatable bonds is 9. The van der Waals surface area contributed by atoms with Gasteiger partial charge in [0.2, 0.25) is 5.91 Å². The zero-order valence-corrected chi connectivity index (χ0v) is 19.6. The van der Waals surface area contributed by atoms with E-state index in [9.17, 15) is 13.2 Å². The molecule has 3 aromatic carbocycles. The summed E-state index contributed by atoms with van der Waals surface area (Å²) in [6.45, 7) is -0.454. The van der Waals surface area contributed by atoms with Gasteiger partial charge in [0.15, 0.2) is 0 Å². The molecule has 9 heteroatoms. The predicted molar refractivity (Wildman–Crippen MR) is 127 cm³/mol. The van der Waals surface area contributed by atoms with Crippen molar-refractivity contribution in [2.24, 2.45) is 0 Å². The molecule has 0 saturated heterocycles. The summed E-state index contributed by atoms with van der Waals surface area (Å²) in [4.78, 5) is 14.0. The van der Waals surface area contributed by atoms with Crippen molar-refractivity contribution in [3.8, 4) is 11.5 Å². The van der Waals surface area contributed by atoms with Gasteiger partial charge < -0.3 is 14.8 Å². The topological polar surface area (TPSA) is 84.9 Å². The molecule has 7 nitrogen and oxygen atoms in total. The Morgan fingerprint density at radius 2 is 1.72 bits per heavy atom. The summed E-state index contributed by atoms with van der Waals surface area (Å²) >= 11 is 1.54. The number of nitrogens with one attached hydrogen (secondary N) is 1. The lowest BCUT2D eigenvalue weighted by Gasteiger charge is -2.26. The minimum Gasteiger partial charge on any atom is -0.497 e.